The van der Waals surface area contributed by atoms with Crippen molar-refractivity contribution in [2.75, 3.05) is 23.3 Å². The SMILES string of the molecule is Cc1ccc(Nc2ncnc(N(CC(C)C)CC(C)C)c2[N+](=O)[O-])cc1Cl. The van der Waals surface area contributed by atoms with E-state index >= 15 is 0 Å². The minimum absolute atomic E-state index is 0.129. The molecule has 0 aliphatic heterocycles. The van der Waals surface area contributed by atoms with Crippen molar-refractivity contribution in [1.29, 1.82) is 0 Å². The van der Waals surface area contributed by atoms with Crippen LogP contribution >= 0.6 is 11.6 Å². The van der Waals surface area contributed by atoms with Gasteiger partial charge < -0.3 is 10.2 Å². The van der Waals surface area contributed by atoms with Crippen molar-refractivity contribution in [2.24, 2.45) is 11.8 Å². The van der Waals surface area contributed by atoms with Gasteiger partial charge in [0.2, 0.25) is 11.6 Å². The Morgan fingerprint density at radius 2 is 1.81 bits per heavy atom. The summed E-state index contributed by atoms with van der Waals surface area (Å²) in [7, 11) is 0. The van der Waals surface area contributed by atoms with Gasteiger partial charge in [-0.3, -0.25) is 10.1 Å². The number of aryl methyl sites for hydroxylation is 1. The lowest BCUT2D eigenvalue weighted by atomic mass is 10.1. The number of nitro groups is 1. The fourth-order valence-electron chi connectivity index (χ4n) is 2.80. The molecule has 0 aliphatic rings. The molecule has 0 spiro atoms. The number of nitrogens with zero attached hydrogens (tertiary/aromatic N) is 4. The number of hydrogen-bond donors (Lipinski definition) is 1. The molecule has 0 saturated heterocycles. The van der Waals surface area contributed by atoms with Crippen LogP contribution < -0.4 is 10.2 Å². The quantitative estimate of drug-likeness (QED) is 0.491. The molecule has 0 fully saturated rings. The van der Waals surface area contributed by atoms with E-state index in [2.05, 4.69) is 43.0 Å². The van der Waals surface area contributed by atoms with Gasteiger partial charge >= 0.3 is 5.69 Å². The Morgan fingerprint density at radius 1 is 1.19 bits per heavy atom. The average molecular weight is 392 g/mol. The van der Waals surface area contributed by atoms with Gasteiger partial charge in [-0.25, -0.2) is 9.97 Å². The number of aromatic nitrogens is 2. The van der Waals surface area contributed by atoms with Gasteiger partial charge in [0.25, 0.3) is 0 Å². The van der Waals surface area contributed by atoms with E-state index < -0.39 is 4.92 Å². The molecule has 0 radical (unpaired) electrons. The van der Waals surface area contributed by atoms with E-state index in [1.54, 1.807) is 6.07 Å². The third-order valence-electron chi connectivity index (χ3n) is 3.89. The fraction of sp³-hybridized carbons (Fsp3) is 0.474. The molecule has 1 aromatic carbocycles. The molecule has 1 N–H and O–H groups in total. The van der Waals surface area contributed by atoms with Crippen LogP contribution in [-0.2, 0) is 0 Å². The predicted molar refractivity (Wildman–Crippen MR) is 110 cm³/mol. The van der Waals surface area contributed by atoms with Crippen molar-refractivity contribution >= 4 is 34.6 Å². The molecule has 2 rings (SSSR count). The standard InChI is InChI=1S/C19H26ClN5O2/c1-12(2)9-24(10-13(3)4)19-17(25(26)27)18(21-11-22-19)23-15-7-6-14(5)16(20)8-15/h6-8,11-13H,9-10H2,1-5H3,(H,21,22,23). The Labute approximate surface area is 164 Å². The second-order valence-corrected chi connectivity index (χ2v) is 7.84. The number of benzene rings is 1. The second kappa shape index (κ2) is 8.99. The molecule has 0 bridgehead atoms. The molecule has 7 nitrogen and oxygen atoms in total. The van der Waals surface area contributed by atoms with Gasteiger partial charge in [-0.2, -0.15) is 0 Å². The summed E-state index contributed by atoms with van der Waals surface area (Å²) in [5, 5.41) is 15.5. The first-order chi connectivity index (χ1) is 12.7. The first-order valence-electron chi connectivity index (χ1n) is 8.96. The van der Waals surface area contributed by atoms with Crippen molar-refractivity contribution < 1.29 is 4.92 Å². The number of hydrogen-bond acceptors (Lipinski definition) is 6. The smallest absolute Gasteiger partial charge is 0.350 e. The Kier molecular flexibility index (Phi) is 6.96. The first kappa shape index (κ1) is 20.9. The van der Waals surface area contributed by atoms with E-state index in [0.29, 0.717) is 41.5 Å². The molecular formula is C19H26ClN5O2. The van der Waals surface area contributed by atoms with Crippen molar-refractivity contribution in [3.8, 4) is 0 Å². The van der Waals surface area contributed by atoms with E-state index in [4.69, 9.17) is 11.6 Å². The molecule has 1 heterocycles. The third kappa shape index (κ3) is 5.53. The van der Waals surface area contributed by atoms with Gasteiger partial charge in [0, 0.05) is 23.8 Å². The maximum Gasteiger partial charge on any atom is 0.353 e. The van der Waals surface area contributed by atoms with Crippen LogP contribution in [0.3, 0.4) is 0 Å². The van der Waals surface area contributed by atoms with Gasteiger partial charge in [0.15, 0.2) is 0 Å². The molecule has 8 heteroatoms. The number of halogens is 1. The molecule has 2 aromatic rings. The molecule has 1 aromatic heterocycles. The van der Waals surface area contributed by atoms with Crippen molar-refractivity contribution in [3.05, 3.63) is 45.2 Å². The van der Waals surface area contributed by atoms with E-state index in [1.165, 1.54) is 6.33 Å². The number of rotatable bonds is 8. The lowest BCUT2D eigenvalue weighted by Gasteiger charge is -2.27. The van der Waals surface area contributed by atoms with Gasteiger partial charge in [-0.15, -0.1) is 0 Å². The number of anilines is 3. The monoisotopic (exact) mass is 391 g/mol. The van der Waals surface area contributed by atoms with Crippen LogP contribution in [-0.4, -0.2) is 28.0 Å². The van der Waals surface area contributed by atoms with Gasteiger partial charge in [0.1, 0.15) is 6.33 Å². The highest BCUT2D eigenvalue weighted by molar-refractivity contribution is 6.31. The Hall–Kier alpha value is -2.41. The van der Waals surface area contributed by atoms with Crippen LogP contribution in [0.5, 0.6) is 0 Å². The third-order valence-corrected chi connectivity index (χ3v) is 4.30. The second-order valence-electron chi connectivity index (χ2n) is 7.43. The lowest BCUT2D eigenvalue weighted by Crippen LogP contribution is -2.32. The van der Waals surface area contributed by atoms with E-state index in [1.807, 2.05) is 24.0 Å². The highest BCUT2D eigenvalue weighted by Gasteiger charge is 2.28. The van der Waals surface area contributed by atoms with Gasteiger partial charge in [0.05, 0.1) is 4.92 Å². The molecule has 0 saturated carbocycles. The summed E-state index contributed by atoms with van der Waals surface area (Å²) in [6.45, 7) is 11.5. The predicted octanol–water partition coefficient (Wildman–Crippen LogP) is 5.21. The zero-order valence-electron chi connectivity index (χ0n) is 16.4. The summed E-state index contributed by atoms with van der Waals surface area (Å²) in [5.41, 5.74) is 1.44. The molecule has 0 atom stereocenters. The molecule has 0 amide bonds. The van der Waals surface area contributed by atoms with Crippen molar-refractivity contribution in [2.45, 2.75) is 34.6 Å². The van der Waals surface area contributed by atoms with Crippen molar-refractivity contribution in [1.82, 2.24) is 9.97 Å². The molecule has 0 aliphatic carbocycles. The zero-order chi connectivity index (χ0) is 20.1. The largest absolute Gasteiger partial charge is 0.353 e. The first-order valence-corrected chi connectivity index (χ1v) is 9.34. The van der Waals surface area contributed by atoms with Crippen LogP contribution in [0.2, 0.25) is 5.02 Å². The van der Waals surface area contributed by atoms with Gasteiger partial charge in [-0.05, 0) is 36.5 Å². The van der Waals surface area contributed by atoms with E-state index in [0.717, 1.165) is 5.56 Å². The average Bonchev–Trinajstić information content (AvgIpc) is 2.56. The summed E-state index contributed by atoms with van der Waals surface area (Å²) in [6.07, 6.45) is 1.36. The van der Waals surface area contributed by atoms with Crippen LogP contribution in [0.25, 0.3) is 0 Å². The van der Waals surface area contributed by atoms with Crippen LogP contribution in [0.4, 0.5) is 23.0 Å². The minimum Gasteiger partial charge on any atom is -0.350 e. The lowest BCUT2D eigenvalue weighted by molar-refractivity contribution is -0.383. The van der Waals surface area contributed by atoms with E-state index in [-0.39, 0.29) is 11.5 Å². The zero-order valence-corrected chi connectivity index (χ0v) is 17.1. The normalized spacial score (nSPS) is 11.1. The molecular weight excluding hydrogens is 366 g/mol. The fourth-order valence-corrected chi connectivity index (χ4v) is 2.98. The summed E-state index contributed by atoms with van der Waals surface area (Å²) < 4.78 is 0. The highest BCUT2D eigenvalue weighted by atomic mass is 35.5. The summed E-state index contributed by atoms with van der Waals surface area (Å²) in [5.74, 6) is 1.16. The summed E-state index contributed by atoms with van der Waals surface area (Å²) >= 11 is 6.16. The molecule has 146 valence electrons. The number of nitrogens with one attached hydrogen (secondary N) is 1. The van der Waals surface area contributed by atoms with Gasteiger partial charge in [-0.1, -0.05) is 45.4 Å². The highest BCUT2D eigenvalue weighted by Crippen LogP contribution is 2.35. The maximum atomic E-state index is 11.9. The van der Waals surface area contributed by atoms with Crippen LogP contribution in [0.1, 0.15) is 33.3 Å². The van der Waals surface area contributed by atoms with Crippen molar-refractivity contribution in [3.63, 3.8) is 0 Å². The Bertz CT molecular complexity index is 801. The minimum atomic E-state index is -0.429. The summed E-state index contributed by atoms with van der Waals surface area (Å²) in [4.78, 5) is 21.8. The van der Waals surface area contributed by atoms with E-state index in [9.17, 15) is 10.1 Å². The molecule has 0 unspecified atom stereocenters. The van der Waals surface area contributed by atoms with Crippen LogP contribution in [0.15, 0.2) is 24.5 Å². The topological polar surface area (TPSA) is 84.2 Å². The molecule has 27 heavy (non-hydrogen) atoms. The van der Waals surface area contributed by atoms with Crippen LogP contribution in [0, 0.1) is 28.9 Å². The Morgan fingerprint density at radius 3 is 2.33 bits per heavy atom. The maximum absolute atomic E-state index is 11.9. The Balaban J connectivity index is 2.48. The summed E-state index contributed by atoms with van der Waals surface area (Å²) in [6, 6.07) is 5.39.